The first kappa shape index (κ1) is 17.7. The number of carbonyl (C=O) groups excluding carboxylic acids is 1. The van der Waals surface area contributed by atoms with Crippen LogP contribution in [0.15, 0.2) is 5.38 Å². The fraction of sp³-hybridized carbons (Fsp3) is 0.600. The molecule has 0 amide bonds. The van der Waals surface area contributed by atoms with Crippen molar-refractivity contribution in [2.45, 2.75) is 25.4 Å². The molecular formula is C10H13F3N2O4S2. The van der Waals surface area contributed by atoms with Gasteiger partial charge in [-0.3, -0.25) is 9.52 Å². The SMILES string of the molecule is COC(=O)Cc1csc(NS(=O)(=O)CCCC(F)(F)F)n1. The Labute approximate surface area is 123 Å². The van der Waals surface area contributed by atoms with E-state index in [-0.39, 0.29) is 11.6 Å². The van der Waals surface area contributed by atoms with Crippen LogP contribution in [0, 0.1) is 0 Å². The van der Waals surface area contributed by atoms with Gasteiger partial charge in [-0.05, 0) is 6.42 Å². The highest BCUT2D eigenvalue weighted by Crippen LogP contribution is 2.22. The van der Waals surface area contributed by atoms with Crippen molar-refractivity contribution >= 4 is 32.5 Å². The van der Waals surface area contributed by atoms with Gasteiger partial charge < -0.3 is 4.74 Å². The zero-order valence-corrected chi connectivity index (χ0v) is 12.6. The Kier molecular flexibility index (Phi) is 5.96. The van der Waals surface area contributed by atoms with Crippen molar-refractivity contribution in [1.82, 2.24) is 4.98 Å². The average Bonchev–Trinajstić information content (AvgIpc) is 2.73. The summed E-state index contributed by atoms with van der Waals surface area (Å²) in [5, 5.41) is 1.46. The highest BCUT2D eigenvalue weighted by atomic mass is 32.2. The zero-order chi connectivity index (χ0) is 16.1. The maximum atomic E-state index is 11.9. The summed E-state index contributed by atoms with van der Waals surface area (Å²) in [6, 6.07) is 0. The van der Waals surface area contributed by atoms with Crippen LogP contribution in [-0.4, -0.2) is 38.4 Å². The number of nitrogens with zero attached hydrogens (tertiary/aromatic N) is 1. The van der Waals surface area contributed by atoms with Crippen LogP contribution >= 0.6 is 11.3 Å². The number of rotatable bonds is 7. The molecule has 0 saturated carbocycles. The molecule has 0 aliphatic carbocycles. The van der Waals surface area contributed by atoms with E-state index in [1.807, 2.05) is 0 Å². The number of aromatic nitrogens is 1. The lowest BCUT2D eigenvalue weighted by atomic mass is 10.3. The summed E-state index contributed by atoms with van der Waals surface area (Å²) >= 11 is 0.937. The van der Waals surface area contributed by atoms with E-state index in [0.29, 0.717) is 5.69 Å². The predicted octanol–water partition coefficient (Wildman–Crippen LogP) is 1.94. The monoisotopic (exact) mass is 346 g/mol. The fourth-order valence-corrected chi connectivity index (χ4v) is 3.37. The lowest BCUT2D eigenvalue weighted by molar-refractivity contribution is -0.140. The Morgan fingerprint density at radius 2 is 2.14 bits per heavy atom. The molecule has 21 heavy (non-hydrogen) atoms. The molecule has 0 radical (unpaired) electrons. The Morgan fingerprint density at radius 1 is 1.48 bits per heavy atom. The summed E-state index contributed by atoms with van der Waals surface area (Å²) < 4.78 is 65.5. The molecule has 0 fully saturated rings. The van der Waals surface area contributed by atoms with Crippen LogP contribution in [0.1, 0.15) is 18.5 Å². The normalized spacial score (nSPS) is 12.2. The van der Waals surface area contributed by atoms with E-state index >= 15 is 0 Å². The molecule has 120 valence electrons. The van der Waals surface area contributed by atoms with Gasteiger partial charge in [-0.1, -0.05) is 0 Å². The maximum Gasteiger partial charge on any atom is 0.389 e. The standard InChI is InChI=1S/C10H13F3N2O4S2/c1-19-8(16)5-7-6-20-9(14-7)15-21(17,18)4-2-3-10(11,12)13/h6H,2-5H2,1H3,(H,14,15). The first-order chi connectivity index (χ1) is 9.61. The number of methoxy groups -OCH3 is 1. The molecule has 0 bridgehead atoms. The molecule has 1 aromatic heterocycles. The third-order valence-corrected chi connectivity index (χ3v) is 4.49. The Hall–Kier alpha value is -1.36. The molecule has 0 spiro atoms. The van der Waals surface area contributed by atoms with Crippen LogP contribution in [0.4, 0.5) is 18.3 Å². The lowest BCUT2D eigenvalue weighted by Gasteiger charge is -2.07. The molecule has 1 heterocycles. The number of alkyl halides is 3. The number of hydrogen-bond donors (Lipinski definition) is 1. The summed E-state index contributed by atoms with van der Waals surface area (Å²) in [6.45, 7) is 0. The van der Waals surface area contributed by atoms with Gasteiger partial charge in [-0.25, -0.2) is 13.4 Å². The van der Waals surface area contributed by atoms with Crippen LogP contribution < -0.4 is 4.72 Å². The van der Waals surface area contributed by atoms with Crippen LogP contribution in [0.3, 0.4) is 0 Å². The molecule has 0 saturated heterocycles. The largest absolute Gasteiger partial charge is 0.469 e. The van der Waals surface area contributed by atoms with Crippen LogP contribution in [0.5, 0.6) is 0 Å². The van der Waals surface area contributed by atoms with Gasteiger partial charge >= 0.3 is 12.1 Å². The van der Waals surface area contributed by atoms with Gasteiger partial charge in [0.1, 0.15) is 0 Å². The summed E-state index contributed by atoms with van der Waals surface area (Å²) in [5.41, 5.74) is 0.319. The molecule has 0 unspecified atom stereocenters. The first-order valence-electron chi connectivity index (χ1n) is 5.70. The second-order valence-corrected chi connectivity index (χ2v) is 6.74. The Balaban J connectivity index is 2.53. The molecule has 0 aliphatic rings. The van der Waals surface area contributed by atoms with Gasteiger partial charge in [-0.15, -0.1) is 11.3 Å². The van der Waals surface area contributed by atoms with Gasteiger partial charge in [0, 0.05) is 11.8 Å². The molecule has 0 aliphatic heterocycles. The minimum absolute atomic E-state index is 0.000844. The summed E-state index contributed by atoms with van der Waals surface area (Å²) in [6.07, 6.45) is -6.19. The first-order valence-corrected chi connectivity index (χ1v) is 8.23. The summed E-state index contributed by atoms with van der Waals surface area (Å²) in [4.78, 5) is 14.9. The van der Waals surface area contributed by atoms with E-state index in [2.05, 4.69) is 14.4 Å². The number of carbonyl (C=O) groups is 1. The molecule has 6 nitrogen and oxygen atoms in total. The van der Waals surface area contributed by atoms with E-state index in [0.717, 1.165) is 11.3 Å². The van der Waals surface area contributed by atoms with Crippen molar-refractivity contribution in [3.63, 3.8) is 0 Å². The van der Waals surface area contributed by atoms with Gasteiger partial charge in [0.25, 0.3) is 0 Å². The topological polar surface area (TPSA) is 85.4 Å². The molecule has 0 aromatic carbocycles. The third kappa shape index (κ3) is 7.27. The molecule has 1 rings (SSSR count). The van der Waals surface area contributed by atoms with Gasteiger partial charge in [0.15, 0.2) is 5.13 Å². The van der Waals surface area contributed by atoms with Crippen LogP contribution in [0.25, 0.3) is 0 Å². The minimum Gasteiger partial charge on any atom is -0.469 e. The molecule has 0 atom stereocenters. The van der Waals surface area contributed by atoms with Crippen molar-refractivity contribution in [1.29, 1.82) is 0 Å². The van der Waals surface area contributed by atoms with E-state index in [1.165, 1.54) is 12.5 Å². The number of sulfonamides is 1. The number of hydrogen-bond acceptors (Lipinski definition) is 6. The number of anilines is 1. The predicted molar refractivity (Wildman–Crippen MR) is 70.5 cm³/mol. The van der Waals surface area contributed by atoms with E-state index in [4.69, 9.17) is 0 Å². The fourth-order valence-electron chi connectivity index (χ4n) is 1.30. The van der Waals surface area contributed by atoms with Crippen molar-refractivity contribution in [3.05, 3.63) is 11.1 Å². The lowest BCUT2D eigenvalue weighted by Crippen LogP contribution is -2.18. The van der Waals surface area contributed by atoms with Crippen LogP contribution in [0.2, 0.25) is 0 Å². The molecule has 11 heteroatoms. The van der Waals surface area contributed by atoms with E-state index in [9.17, 15) is 26.4 Å². The zero-order valence-electron chi connectivity index (χ0n) is 10.9. The third-order valence-electron chi connectivity index (χ3n) is 2.22. The van der Waals surface area contributed by atoms with Crippen LogP contribution in [-0.2, 0) is 26.0 Å². The minimum atomic E-state index is -4.38. The number of nitrogens with one attached hydrogen (secondary N) is 1. The van der Waals surface area contributed by atoms with Crippen molar-refractivity contribution in [3.8, 4) is 0 Å². The number of esters is 1. The molecular weight excluding hydrogens is 333 g/mol. The average molecular weight is 346 g/mol. The Morgan fingerprint density at radius 3 is 2.71 bits per heavy atom. The summed E-state index contributed by atoms with van der Waals surface area (Å²) in [5.74, 6) is -1.18. The van der Waals surface area contributed by atoms with Crippen molar-refractivity contribution in [2.75, 3.05) is 17.6 Å². The molecule has 1 aromatic rings. The van der Waals surface area contributed by atoms with Gasteiger partial charge in [0.2, 0.25) is 10.0 Å². The number of thiazole rings is 1. The highest BCUT2D eigenvalue weighted by Gasteiger charge is 2.27. The second-order valence-electron chi connectivity index (χ2n) is 4.04. The highest BCUT2D eigenvalue weighted by molar-refractivity contribution is 7.92. The second kappa shape index (κ2) is 7.07. The molecule has 1 N–H and O–H groups in total. The van der Waals surface area contributed by atoms with Gasteiger partial charge in [-0.2, -0.15) is 13.2 Å². The smallest absolute Gasteiger partial charge is 0.389 e. The van der Waals surface area contributed by atoms with Crippen molar-refractivity contribution < 1.29 is 31.1 Å². The van der Waals surface area contributed by atoms with E-state index in [1.54, 1.807) is 0 Å². The quantitative estimate of drug-likeness (QED) is 0.763. The maximum absolute atomic E-state index is 11.9. The number of ether oxygens (including phenoxy) is 1. The summed E-state index contributed by atoms with van der Waals surface area (Å²) in [7, 11) is -2.69. The Bertz CT molecular complexity index is 583. The van der Waals surface area contributed by atoms with Gasteiger partial charge in [0.05, 0.1) is 25.0 Å². The van der Waals surface area contributed by atoms with Crippen molar-refractivity contribution in [2.24, 2.45) is 0 Å². The number of halogens is 3. The van der Waals surface area contributed by atoms with E-state index < -0.39 is 40.8 Å².